The van der Waals surface area contributed by atoms with E-state index in [0.717, 1.165) is 11.3 Å². The minimum Gasteiger partial charge on any atom is -0.465 e. The van der Waals surface area contributed by atoms with E-state index in [1.165, 1.54) is 11.8 Å². The van der Waals surface area contributed by atoms with Crippen molar-refractivity contribution in [1.82, 2.24) is 0 Å². The van der Waals surface area contributed by atoms with Crippen LogP contribution in [0.4, 0.5) is 0 Å². The fraction of sp³-hybridized carbons (Fsp3) is 0.467. The molecule has 0 radical (unpaired) electrons. The second-order valence-corrected chi connectivity index (χ2v) is 5.81. The van der Waals surface area contributed by atoms with E-state index in [-0.39, 0.29) is 22.9 Å². The Morgan fingerprint density at radius 1 is 1.25 bits per heavy atom. The predicted molar refractivity (Wildman–Crippen MR) is 82.7 cm³/mol. The molecule has 1 aromatic rings. The molecule has 0 spiro atoms. The van der Waals surface area contributed by atoms with E-state index in [2.05, 4.69) is 0 Å². The van der Waals surface area contributed by atoms with Crippen molar-refractivity contribution in [2.45, 2.75) is 36.8 Å². The van der Waals surface area contributed by atoms with Gasteiger partial charge in [0, 0.05) is 10.5 Å². The van der Waals surface area contributed by atoms with E-state index in [0.29, 0.717) is 18.6 Å². The number of alkyl halides is 1. The van der Waals surface area contributed by atoms with Crippen LogP contribution in [-0.4, -0.2) is 29.5 Å². The Kier molecular flexibility index (Phi) is 7.70. The topological polar surface area (TPSA) is 43.4 Å². The quantitative estimate of drug-likeness (QED) is 0.315. The number of benzene rings is 1. The molecule has 0 aliphatic rings. The first-order valence-electron chi connectivity index (χ1n) is 6.64. The van der Waals surface area contributed by atoms with E-state index >= 15 is 0 Å². The minimum absolute atomic E-state index is 0.0204. The maximum Gasteiger partial charge on any atom is 0.319 e. The largest absolute Gasteiger partial charge is 0.465 e. The summed E-state index contributed by atoms with van der Waals surface area (Å²) in [6.07, 6.45) is 1.53. The number of hydrogen-bond donors (Lipinski definition) is 0. The number of esters is 1. The van der Waals surface area contributed by atoms with Crippen molar-refractivity contribution < 1.29 is 14.3 Å². The van der Waals surface area contributed by atoms with Crippen molar-refractivity contribution in [2.75, 3.05) is 12.5 Å². The van der Waals surface area contributed by atoms with E-state index < -0.39 is 0 Å². The number of carbonyl (C=O) groups is 2. The van der Waals surface area contributed by atoms with Gasteiger partial charge < -0.3 is 4.74 Å². The Labute approximate surface area is 129 Å². The van der Waals surface area contributed by atoms with Gasteiger partial charge in [-0.05, 0) is 25.0 Å². The summed E-state index contributed by atoms with van der Waals surface area (Å²) in [4.78, 5) is 24.2. The van der Waals surface area contributed by atoms with Gasteiger partial charge in [-0.25, -0.2) is 0 Å². The van der Waals surface area contributed by atoms with Gasteiger partial charge >= 0.3 is 5.97 Å². The van der Waals surface area contributed by atoms with E-state index in [4.69, 9.17) is 16.3 Å². The zero-order valence-corrected chi connectivity index (χ0v) is 13.3. The highest BCUT2D eigenvalue weighted by atomic mass is 35.5. The molecule has 0 aliphatic carbocycles. The lowest BCUT2D eigenvalue weighted by Gasteiger charge is -2.13. The third-order valence-corrected chi connectivity index (χ3v) is 4.26. The first-order chi connectivity index (χ1) is 9.62. The van der Waals surface area contributed by atoms with Crippen LogP contribution in [0.2, 0.25) is 0 Å². The number of hydrogen-bond acceptors (Lipinski definition) is 4. The summed E-state index contributed by atoms with van der Waals surface area (Å²) >= 11 is 6.96. The number of ether oxygens (including phenoxy) is 1. The van der Waals surface area contributed by atoms with Crippen molar-refractivity contribution in [3.05, 3.63) is 29.8 Å². The predicted octanol–water partition coefficient (Wildman–Crippen LogP) is 3.93. The smallest absolute Gasteiger partial charge is 0.319 e. The standard InChI is InChI=1S/C15H19ClO3S/c1-3-9-19-15(18)14(4-2)20-12-7-5-11(6-8-12)13(17)10-16/h5-8,14H,3-4,9-10H2,1-2H3. The lowest BCUT2D eigenvalue weighted by molar-refractivity contribution is -0.143. The zero-order chi connectivity index (χ0) is 15.0. The van der Waals surface area contributed by atoms with Crippen LogP contribution in [0.25, 0.3) is 0 Å². The highest BCUT2D eigenvalue weighted by Crippen LogP contribution is 2.26. The summed E-state index contributed by atoms with van der Waals surface area (Å²) in [6.45, 7) is 4.38. The van der Waals surface area contributed by atoms with Crippen LogP contribution >= 0.6 is 23.4 Å². The molecular formula is C15H19ClO3S. The molecule has 110 valence electrons. The molecular weight excluding hydrogens is 296 g/mol. The molecule has 0 N–H and O–H groups in total. The maximum atomic E-state index is 11.8. The first-order valence-corrected chi connectivity index (χ1v) is 8.06. The highest BCUT2D eigenvalue weighted by Gasteiger charge is 2.19. The first kappa shape index (κ1) is 17.1. The third kappa shape index (κ3) is 5.17. The highest BCUT2D eigenvalue weighted by molar-refractivity contribution is 8.00. The van der Waals surface area contributed by atoms with Gasteiger partial charge in [0.15, 0.2) is 5.78 Å². The van der Waals surface area contributed by atoms with Gasteiger partial charge in [0.2, 0.25) is 0 Å². The van der Waals surface area contributed by atoms with Crippen molar-refractivity contribution in [2.24, 2.45) is 0 Å². The molecule has 20 heavy (non-hydrogen) atoms. The van der Waals surface area contributed by atoms with Crippen LogP contribution in [0.3, 0.4) is 0 Å². The molecule has 0 heterocycles. The molecule has 0 bridgehead atoms. The molecule has 0 aliphatic heterocycles. The number of rotatable bonds is 8. The maximum absolute atomic E-state index is 11.8. The Bertz CT molecular complexity index is 445. The van der Waals surface area contributed by atoms with Crippen molar-refractivity contribution in [1.29, 1.82) is 0 Å². The summed E-state index contributed by atoms with van der Waals surface area (Å²) in [6, 6.07) is 7.13. The number of thioether (sulfide) groups is 1. The Hall–Kier alpha value is -1.00. The van der Waals surface area contributed by atoms with Crippen molar-refractivity contribution >= 4 is 35.1 Å². The number of ketones is 1. The Morgan fingerprint density at radius 2 is 1.90 bits per heavy atom. The molecule has 1 atom stereocenters. The average molecular weight is 315 g/mol. The van der Waals surface area contributed by atoms with Gasteiger partial charge in [0.1, 0.15) is 5.25 Å². The zero-order valence-electron chi connectivity index (χ0n) is 11.7. The molecule has 1 aromatic carbocycles. The summed E-state index contributed by atoms with van der Waals surface area (Å²) in [5.41, 5.74) is 0.589. The van der Waals surface area contributed by atoms with Crippen LogP contribution in [0.5, 0.6) is 0 Å². The van der Waals surface area contributed by atoms with E-state index in [1.54, 1.807) is 12.1 Å². The molecule has 0 saturated heterocycles. The van der Waals surface area contributed by atoms with Gasteiger partial charge in [0.05, 0.1) is 12.5 Å². The van der Waals surface area contributed by atoms with Crippen LogP contribution in [0, 0.1) is 0 Å². The number of carbonyl (C=O) groups excluding carboxylic acids is 2. The molecule has 0 fully saturated rings. The second-order valence-electron chi connectivity index (χ2n) is 4.26. The fourth-order valence-electron chi connectivity index (χ4n) is 1.55. The van der Waals surface area contributed by atoms with Crippen LogP contribution in [0.15, 0.2) is 29.2 Å². The summed E-state index contributed by atoms with van der Waals surface area (Å²) < 4.78 is 5.16. The van der Waals surface area contributed by atoms with E-state index in [9.17, 15) is 9.59 Å². The number of halogens is 1. The van der Waals surface area contributed by atoms with Crippen LogP contribution in [-0.2, 0) is 9.53 Å². The average Bonchev–Trinajstić information content (AvgIpc) is 2.50. The van der Waals surface area contributed by atoms with E-state index in [1.807, 2.05) is 26.0 Å². The van der Waals surface area contributed by atoms with Crippen molar-refractivity contribution in [3.63, 3.8) is 0 Å². The summed E-state index contributed by atoms with van der Waals surface area (Å²) in [5, 5.41) is -0.212. The minimum atomic E-state index is -0.212. The van der Waals surface area contributed by atoms with Gasteiger partial charge in [-0.3, -0.25) is 9.59 Å². The monoisotopic (exact) mass is 314 g/mol. The van der Waals surface area contributed by atoms with Crippen molar-refractivity contribution in [3.8, 4) is 0 Å². The molecule has 0 aromatic heterocycles. The molecule has 3 nitrogen and oxygen atoms in total. The fourth-order valence-corrected chi connectivity index (χ4v) is 2.66. The summed E-state index contributed by atoms with van der Waals surface area (Å²) in [5.74, 6) is -0.300. The lowest BCUT2D eigenvalue weighted by Crippen LogP contribution is -2.19. The molecule has 0 amide bonds. The summed E-state index contributed by atoms with van der Waals surface area (Å²) in [7, 11) is 0. The molecule has 0 saturated carbocycles. The van der Waals surface area contributed by atoms with Gasteiger partial charge in [0.25, 0.3) is 0 Å². The lowest BCUT2D eigenvalue weighted by atomic mass is 10.1. The van der Waals surface area contributed by atoms with Gasteiger partial charge in [-0.1, -0.05) is 26.0 Å². The normalized spacial score (nSPS) is 11.9. The Balaban J connectivity index is 2.65. The van der Waals surface area contributed by atoms with Crippen LogP contribution < -0.4 is 0 Å². The SMILES string of the molecule is CCCOC(=O)C(CC)Sc1ccc(C(=O)CCl)cc1. The molecule has 5 heteroatoms. The second kappa shape index (κ2) is 9.03. The molecule has 1 rings (SSSR count). The van der Waals surface area contributed by atoms with Crippen LogP contribution in [0.1, 0.15) is 37.0 Å². The van der Waals surface area contributed by atoms with Gasteiger partial charge in [-0.15, -0.1) is 23.4 Å². The Morgan fingerprint density at radius 3 is 2.40 bits per heavy atom. The molecule has 1 unspecified atom stereocenters. The number of Topliss-reactive ketones (excluding diaryl/α,β-unsaturated/α-hetero) is 1. The third-order valence-electron chi connectivity index (χ3n) is 2.66. The van der Waals surface area contributed by atoms with Gasteiger partial charge in [-0.2, -0.15) is 0 Å².